The summed E-state index contributed by atoms with van der Waals surface area (Å²) in [7, 11) is 0. The van der Waals surface area contributed by atoms with Gasteiger partial charge in [0.25, 0.3) is 0 Å². The van der Waals surface area contributed by atoms with E-state index in [9.17, 15) is 9.59 Å². The van der Waals surface area contributed by atoms with Crippen molar-refractivity contribution in [1.82, 2.24) is 0 Å². The third-order valence-electron chi connectivity index (χ3n) is 7.50. The summed E-state index contributed by atoms with van der Waals surface area (Å²) in [5.41, 5.74) is 3.73. The molecule has 1 heterocycles. The smallest absolute Gasteiger partial charge is 0.330 e. The fourth-order valence-corrected chi connectivity index (χ4v) is 5.25. The molecule has 0 radical (unpaired) electrons. The van der Waals surface area contributed by atoms with E-state index in [-0.39, 0.29) is 18.7 Å². The first-order valence-corrected chi connectivity index (χ1v) is 15.2. The van der Waals surface area contributed by atoms with Crippen LogP contribution in [0.25, 0.3) is 44.8 Å². The summed E-state index contributed by atoms with van der Waals surface area (Å²) in [6.45, 7) is 5.23. The topological polar surface area (TPSA) is 71.1 Å². The third-order valence-corrected chi connectivity index (χ3v) is 7.50. The summed E-state index contributed by atoms with van der Waals surface area (Å²) in [6.07, 6.45) is 12.6. The number of ether oxygens (including phenoxy) is 4. The van der Waals surface area contributed by atoms with Crippen molar-refractivity contribution in [2.45, 2.75) is 52.4 Å². The average molecular weight is 579 g/mol. The van der Waals surface area contributed by atoms with Gasteiger partial charge in [-0.15, -0.1) is 0 Å². The zero-order valence-corrected chi connectivity index (χ0v) is 24.9. The third kappa shape index (κ3) is 7.44. The van der Waals surface area contributed by atoms with Gasteiger partial charge in [-0.25, -0.2) is 9.59 Å². The minimum absolute atomic E-state index is 0.111. The molecule has 0 aromatic heterocycles. The number of hydrogen-bond acceptors (Lipinski definition) is 6. The molecule has 1 aliphatic heterocycles. The Morgan fingerprint density at radius 3 is 1.56 bits per heavy atom. The van der Waals surface area contributed by atoms with Crippen LogP contribution in [0.15, 0.2) is 72.8 Å². The maximum atomic E-state index is 12.1. The fourth-order valence-electron chi connectivity index (χ4n) is 5.25. The highest BCUT2D eigenvalue weighted by Crippen LogP contribution is 2.47. The van der Waals surface area contributed by atoms with Crippen LogP contribution in [-0.4, -0.2) is 31.9 Å². The van der Waals surface area contributed by atoms with Crippen LogP contribution < -0.4 is 9.47 Å². The molecule has 0 bridgehead atoms. The lowest BCUT2D eigenvalue weighted by Crippen LogP contribution is -2.03. The highest BCUT2D eigenvalue weighted by Gasteiger charge is 2.22. The van der Waals surface area contributed by atoms with Crippen molar-refractivity contribution in [2.75, 3.05) is 20.0 Å². The van der Waals surface area contributed by atoms with E-state index in [0.29, 0.717) is 13.2 Å². The number of carbonyl (C=O) groups is 2. The standard InChI is InChI=1S/C37H38O6/c1-3-5-7-21-40-34(38)19-11-26-9-15-30-28(23-26)13-17-32-36(30)37-31-16-10-27(12-20-35(39)41-22-8-6-4-2)24-29(31)14-18-33(37)43-25-42-32/h9-20,23-24H,3-8,21-22,25H2,1-2H3/b19-11+,20-12+. The largest absolute Gasteiger partial charge is 0.463 e. The van der Waals surface area contributed by atoms with Crippen LogP contribution in [0.5, 0.6) is 11.5 Å². The summed E-state index contributed by atoms with van der Waals surface area (Å²) in [6, 6.07) is 20.2. The first-order chi connectivity index (χ1) is 21.1. The predicted octanol–water partition coefficient (Wildman–Crippen LogP) is 8.88. The van der Waals surface area contributed by atoms with Crippen LogP contribution in [-0.2, 0) is 19.1 Å². The Balaban J connectivity index is 1.43. The van der Waals surface area contributed by atoms with E-state index in [1.807, 2.05) is 36.4 Å². The van der Waals surface area contributed by atoms with Crippen molar-refractivity contribution in [1.29, 1.82) is 0 Å². The second-order valence-corrected chi connectivity index (χ2v) is 10.7. The molecular weight excluding hydrogens is 540 g/mol. The number of rotatable bonds is 12. The SMILES string of the molecule is CCCCCOC(=O)/C=C/c1ccc2c3c(ccc2c1)OCOc1ccc2cc(/C=C/C(=O)OCCCCC)ccc2c1-3. The number of fused-ring (bicyclic) bond motifs is 7. The van der Waals surface area contributed by atoms with Gasteiger partial charge in [-0.2, -0.15) is 0 Å². The summed E-state index contributed by atoms with van der Waals surface area (Å²) in [5.74, 6) is 0.823. The van der Waals surface area contributed by atoms with Crippen LogP contribution in [0.4, 0.5) is 0 Å². The normalized spacial score (nSPS) is 12.5. The molecule has 6 heteroatoms. The first kappa shape index (κ1) is 29.9. The van der Waals surface area contributed by atoms with Gasteiger partial charge in [0, 0.05) is 23.3 Å². The molecule has 4 aromatic carbocycles. The summed E-state index contributed by atoms with van der Waals surface area (Å²) in [4.78, 5) is 24.3. The van der Waals surface area contributed by atoms with E-state index in [2.05, 4.69) is 38.1 Å². The fraction of sp³-hybridized carbons (Fsp3) is 0.297. The molecule has 0 amide bonds. The molecule has 4 aromatic rings. The van der Waals surface area contributed by atoms with Crippen molar-refractivity contribution in [3.63, 3.8) is 0 Å². The second kappa shape index (κ2) is 14.5. The highest BCUT2D eigenvalue weighted by atomic mass is 16.7. The van der Waals surface area contributed by atoms with Crippen LogP contribution >= 0.6 is 0 Å². The maximum absolute atomic E-state index is 12.1. The molecule has 0 fully saturated rings. The number of esters is 2. The van der Waals surface area contributed by atoms with Gasteiger partial charge in [-0.05, 0) is 81.9 Å². The molecule has 5 rings (SSSR count). The van der Waals surface area contributed by atoms with E-state index < -0.39 is 0 Å². The highest BCUT2D eigenvalue weighted by molar-refractivity contribution is 6.10. The van der Waals surface area contributed by atoms with Gasteiger partial charge in [0.2, 0.25) is 6.79 Å². The van der Waals surface area contributed by atoms with Gasteiger partial charge in [0.15, 0.2) is 0 Å². The van der Waals surface area contributed by atoms with Gasteiger partial charge < -0.3 is 18.9 Å². The minimum Gasteiger partial charge on any atom is -0.463 e. The van der Waals surface area contributed by atoms with E-state index in [0.717, 1.165) is 93.8 Å². The zero-order chi connectivity index (χ0) is 30.0. The molecule has 0 N–H and O–H groups in total. The molecule has 1 aliphatic rings. The van der Waals surface area contributed by atoms with Gasteiger partial charge in [0.1, 0.15) is 11.5 Å². The van der Waals surface area contributed by atoms with Crippen molar-refractivity contribution < 1.29 is 28.5 Å². The number of hydrogen-bond donors (Lipinski definition) is 0. The van der Waals surface area contributed by atoms with Crippen molar-refractivity contribution >= 4 is 45.6 Å². The van der Waals surface area contributed by atoms with E-state index in [1.165, 1.54) is 12.2 Å². The molecule has 0 saturated heterocycles. The summed E-state index contributed by atoms with van der Waals surface area (Å²) >= 11 is 0. The minimum atomic E-state index is -0.331. The molecule has 222 valence electrons. The molecule has 0 atom stereocenters. The van der Waals surface area contributed by atoms with Crippen LogP contribution in [0.2, 0.25) is 0 Å². The molecule has 43 heavy (non-hydrogen) atoms. The monoisotopic (exact) mass is 578 g/mol. The Bertz CT molecular complexity index is 1540. The summed E-state index contributed by atoms with van der Waals surface area (Å²) in [5, 5.41) is 4.07. The van der Waals surface area contributed by atoms with E-state index in [1.54, 1.807) is 12.2 Å². The first-order valence-electron chi connectivity index (χ1n) is 15.2. The van der Waals surface area contributed by atoms with Crippen LogP contribution in [0, 0.1) is 0 Å². The molecule has 0 spiro atoms. The Kier molecular flexibility index (Phi) is 10.1. The quantitative estimate of drug-likeness (QED) is 0.0950. The number of benzene rings is 4. The molecule has 0 saturated carbocycles. The van der Waals surface area contributed by atoms with Gasteiger partial charge >= 0.3 is 11.9 Å². The zero-order valence-electron chi connectivity index (χ0n) is 24.9. The second-order valence-electron chi connectivity index (χ2n) is 10.7. The van der Waals surface area contributed by atoms with E-state index in [4.69, 9.17) is 18.9 Å². The van der Waals surface area contributed by atoms with Crippen LogP contribution in [0.1, 0.15) is 63.5 Å². The number of unbranched alkanes of at least 4 members (excludes halogenated alkanes) is 4. The number of carbonyl (C=O) groups excluding carboxylic acids is 2. The lowest BCUT2D eigenvalue weighted by Gasteiger charge is -2.14. The van der Waals surface area contributed by atoms with Crippen LogP contribution in [0.3, 0.4) is 0 Å². The van der Waals surface area contributed by atoms with Gasteiger partial charge in [0.05, 0.1) is 13.2 Å². The molecular formula is C37H38O6. The van der Waals surface area contributed by atoms with E-state index >= 15 is 0 Å². The van der Waals surface area contributed by atoms with Gasteiger partial charge in [-0.1, -0.05) is 75.9 Å². The molecule has 6 nitrogen and oxygen atoms in total. The maximum Gasteiger partial charge on any atom is 0.330 e. The predicted molar refractivity (Wildman–Crippen MR) is 172 cm³/mol. The Morgan fingerprint density at radius 2 is 1.12 bits per heavy atom. The summed E-state index contributed by atoms with van der Waals surface area (Å²) < 4.78 is 22.7. The van der Waals surface area contributed by atoms with Crippen molar-refractivity contribution in [3.05, 3.63) is 83.9 Å². The van der Waals surface area contributed by atoms with Crippen molar-refractivity contribution in [3.8, 4) is 22.6 Å². The Morgan fingerprint density at radius 1 is 0.651 bits per heavy atom. The van der Waals surface area contributed by atoms with Gasteiger partial charge in [-0.3, -0.25) is 0 Å². The molecule has 0 aliphatic carbocycles. The Hall–Kier alpha value is -4.58. The molecule has 0 unspecified atom stereocenters. The Labute approximate surface area is 252 Å². The average Bonchev–Trinajstić information content (AvgIpc) is 3.22. The van der Waals surface area contributed by atoms with Crippen molar-refractivity contribution in [2.24, 2.45) is 0 Å². The lowest BCUT2D eigenvalue weighted by molar-refractivity contribution is -0.138. The lowest BCUT2D eigenvalue weighted by atomic mass is 9.91.